The molecule has 0 radical (unpaired) electrons. The van der Waals surface area contributed by atoms with Gasteiger partial charge < -0.3 is 0 Å². The van der Waals surface area contributed by atoms with E-state index < -0.39 is 0 Å². The van der Waals surface area contributed by atoms with Crippen LogP contribution in [0.3, 0.4) is 0 Å². The summed E-state index contributed by atoms with van der Waals surface area (Å²) in [5.41, 5.74) is 2.07. The van der Waals surface area contributed by atoms with Gasteiger partial charge in [0.1, 0.15) is 11.8 Å². The highest BCUT2D eigenvalue weighted by molar-refractivity contribution is 5.64. The molecule has 0 atom stereocenters. The highest BCUT2D eigenvalue weighted by Crippen LogP contribution is 2.19. The van der Waals surface area contributed by atoms with E-state index in [1.807, 2.05) is 36.4 Å². The first-order chi connectivity index (χ1) is 6.83. The van der Waals surface area contributed by atoms with Crippen LogP contribution in [0.1, 0.15) is 5.69 Å². The third-order valence-electron chi connectivity index (χ3n) is 1.98. The highest BCUT2D eigenvalue weighted by Gasteiger charge is 2.10. The lowest BCUT2D eigenvalue weighted by Crippen LogP contribution is -1.94. The molecule has 0 fully saturated rings. The highest BCUT2D eigenvalue weighted by atomic mass is 15.4. The smallest absolute Gasteiger partial charge is 0.190 e. The summed E-state index contributed by atoms with van der Waals surface area (Å²) >= 11 is 0. The SMILES string of the molecule is Cn1nnc(C#N)c1-c1ccccc1. The Labute approximate surface area is 81.4 Å². The van der Waals surface area contributed by atoms with Crippen LogP contribution in [0.15, 0.2) is 30.3 Å². The second-order valence-electron chi connectivity index (χ2n) is 2.89. The van der Waals surface area contributed by atoms with Crippen LogP contribution in [0.4, 0.5) is 0 Å². The molecule has 1 aromatic heterocycles. The van der Waals surface area contributed by atoms with Crippen LogP contribution in [0.25, 0.3) is 11.3 Å². The third-order valence-corrected chi connectivity index (χ3v) is 1.98. The van der Waals surface area contributed by atoms with E-state index in [4.69, 9.17) is 5.26 Å². The van der Waals surface area contributed by atoms with Crippen LogP contribution in [0, 0.1) is 11.3 Å². The first-order valence-corrected chi connectivity index (χ1v) is 4.18. The minimum Gasteiger partial charge on any atom is -0.246 e. The molecule has 0 aliphatic rings. The van der Waals surface area contributed by atoms with Gasteiger partial charge in [0.05, 0.1) is 0 Å². The van der Waals surface area contributed by atoms with E-state index in [2.05, 4.69) is 10.3 Å². The quantitative estimate of drug-likeness (QED) is 0.672. The number of benzene rings is 1. The number of aromatic nitrogens is 3. The van der Waals surface area contributed by atoms with Gasteiger partial charge in [-0.25, -0.2) is 4.68 Å². The Bertz CT molecular complexity index is 479. The molecule has 0 saturated carbocycles. The summed E-state index contributed by atoms with van der Waals surface area (Å²) in [5, 5.41) is 16.4. The van der Waals surface area contributed by atoms with Crippen molar-refractivity contribution in [1.29, 1.82) is 5.26 Å². The fraction of sp³-hybridized carbons (Fsp3) is 0.100. The van der Waals surface area contributed by atoms with E-state index >= 15 is 0 Å². The summed E-state index contributed by atoms with van der Waals surface area (Å²) in [7, 11) is 1.77. The Morgan fingerprint density at radius 2 is 2.00 bits per heavy atom. The molecule has 0 aliphatic carbocycles. The summed E-state index contributed by atoms with van der Waals surface area (Å²) in [6.45, 7) is 0. The predicted octanol–water partition coefficient (Wildman–Crippen LogP) is 1.35. The van der Waals surface area contributed by atoms with E-state index in [1.165, 1.54) is 0 Å². The zero-order valence-corrected chi connectivity index (χ0v) is 7.68. The van der Waals surface area contributed by atoms with Crippen molar-refractivity contribution in [3.05, 3.63) is 36.0 Å². The molecule has 2 rings (SSSR count). The van der Waals surface area contributed by atoms with Gasteiger partial charge in [-0.2, -0.15) is 5.26 Å². The lowest BCUT2D eigenvalue weighted by molar-refractivity contribution is 0.720. The van der Waals surface area contributed by atoms with Crippen LogP contribution < -0.4 is 0 Å². The summed E-state index contributed by atoms with van der Waals surface area (Å²) in [5.74, 6) is 0. The molecule has 0 bridgehead atoms. The Balaban J connectivity index is 2.63. The van der Waals surface area contributed by atoms with Gasteiger partial charge in [0.15, 0.2) is 5.69 Å². The van der Waals surface area contributed by atoms with Crippen molar-refractivity contribution < 1.29 is 0 Å². The molecule has 14 heavy (non-hydrogen) atoms. The molecule has 1 heterocycles. The molecular weight excluding hydrogens is 176 g/mol. The number of hydrogen-bond donors (Lipinski definition) is 0. The topological polar surface area (TPSA) is 54.5 Å². The molecule has 0 aliphatic heterocycles. The average molecular weight is 184 g/mol. The Morgan fingerprint density at radius 1 is 1.29 bits per heavy atom. The Kier molecular flexibility index (Phi) is 1.99. The number of aryl methyl sites for hydroxylation is 1. The van der Waals surface area contributed by atoms with Crippen LogP contribution in [-0.4, -0.2) is 15.0 Å². The van der Waals surface area contributed by atoms with Crippen LogP contribution in [0.5, 0.6) is 0 Å². The van der Waals surface area contributed by atoms with Gasteiger partial charge in [0.25, 0.3) is 0 Å². The summed E-state index contributed by atoms with van der Waals surface area (Å²) in [6, 6.07) is 11.7. The van der Waals surface area contributed by atoms with E-state index in [-0.39, 0.29) is 0 Å². The molecule has 68 valence electrons. The van der Waals surface area contributed by atoms with Gasteiger partial charge in [-0.3, -0.25) is 0 Å². The maximum atomic E-state index is 8.83. The van der Waals surface area contributed by atoms with Crippen molar-refractivity contribution in [2.24, 2.45) is 7.05 Å². The van der Waals surface area contributed by atoms with Crippen molar-refractivity contribution >= 4 is 0 Å². The van der Waals surface area contributed by atoms with Crippen molar-refractivity contribution in [2.75, 3.05) is 0 Å². The van der Waals surface area contributed by atoms with Gasteiger partial charge in [-0.1, -0.05) is 35.5 Å². The number of rotatable bonds is 1. The normalized spacial score (nSPS) is 9.71. The van der Waals surface area contributed by atoms with Crippen LogP contribution >= 0.6 is 0 Å². The summed E-state index contributed by atoms with van der Waals surface area (Å²) in [4.78, 5) is 0. The standard InChI is InChI=1S/C10H8N4/c1-14-10(9(7-11)12-13-14)8-5-3-2-4-6-8/h2-6H,1H3. The first-order valence-electron chi connectivity index (χ1n) is 4.18. The molecule has 0 amide bonds. The van der Waals surface area contributed by atoms with Gasteiger partial charge >= 0.3 is 0 Å². The minimum atomic E-state index is 0.360. The lowest BCUT2D eigenvalue weighted by Gasteiger charge is -1.99. The molecule has 0 spiro atoms. The fourth-order valence-electron chi connectivity index (χ4n) is 1.35. The number of nitrogens with zero attached hydrogens (tertiary/aromatic N) is 4. The summed E-state index contributed by atoms with van der Waals surface area (Å²) < 4.78 is 1.61. The predicted molar refractivity (Wildman–Crippen MR) is 51.2 cm³/mol. The lowest BCUT2D eigenvalue weighted by atomic mass is 10.1. The van der Waals surface area contributed by atoms with Gasteiger partial charge in [-0.15, -0.1) is 5.10 Å². The van der Waals surface area contributed by atoms with Crippen molar-refractivity contribution in [2.45, 2.75) is 0 Å². The Hall–Kier alpha value is -2.15. The monoisotopic (exact) mass is 184 g/mol. The molecule has 2 aromatic rings. The zero-order chi connectivity index (χ0) is 9.97. The second-order valence-corrected chi connectivity index (χ2v) is 2.89. The molecule has 0 unspecified atom stereocenters. The van der Waals surface area contributed by atoms with Crippen molar-refractivity contribution in [1.82, 2.24) is 15.0 Å². The first kappa shape index (κ1) is 8.45. The fourth-order valence-corrected chi connectivity index (χ4v) is 1.35. The van der Waals surface area contributed by atoms with E-state index in [9.17, 15) is 0 Å². The zero-order valence-electron chi connectivity index (χ0n) is 7.68. The maximum absolute atomic E-state index is 8.83. The number of nitriles is 1. The van der Waals surface area contributed by atoms with Gasteiger partial charge in [-0.05, 0) is 0 Å². The molecule has 1 aromatic carbocycles. The molecule has 4 nitrogen and oxygen atoms in total. The molecular formula is C10H8N4. The van der Waals surface area contributed by atoms with Crippen molar-refractivity contribution in [3.8, 4) is 17.3 Å². The largest absolute Gasteiger partial charge is 0.246 e. The average Bonchev–Trinajstić information content (AvgIpc) is 2.61. The van der Waals surface area contributed by atoms with E-state index in [0.717, 1.165) is 11.3 Å². The van der Waals surface area contributed by atoms with Gasteiger partial charge in [0.2, 0.25) is 0 Å². The number of hydrogen-bond acceptors (Lipinski definition) is 3. The second kappa shape index (κ2) is 3.30. The molecule has 0 saturated heterocycles. The molecule has 0 N–H and O–H groups in total. The summed E-state index contributed by atoms with van der Waals surface area (Å²) in [6.07, 6.45) is 0. The van der Waals surface area contributed by atoms with E-state index in [1.54, 1.807) is 11.7 Å². The third kappa shape index (κ3) is 1.25. The molecule has 4 heteroatoms. The Morgan fingerprint density at radius 3 is 2.64 bits per heavy atom. The maximum Gasteiger partial charge on any atom is 0.190 e. The van der Waals surface area contributed by atoms with E-state index in [0.29, 0.717) is 5.69 Å². The van der Waals surface area contributed by atoms with Gasteiger partial charge in [0, 0.05) is 12.6 Å². The van der Waals surface area contributed by atoms with Crippen LogP contribution in [0.2, 0.25) is 0 Å². The van der Waals surface area contributed by atoms with Crippen molar-refractivity contribution in [3.63, 3.8) is 0 Å². The van der Waals surface area contributed by atoms with Crippen LogP contribution in [-0.2, 0) is 7.05 Å². The minimum absolute atomic E-state index is 0.360.